The van der Waals surface area contributed by atoms with E-state index in [1.807, 2.05) is 25.6 Å². The highest BCUT2D eigenvalue weighted by atomic mass is 32.2. The van der Waals surface area contributed by atoms with Crippen molar-refractivity contribution in [3.05, 3.63) is 0 Å². The summed E-state index contributed by atoms with van der Waals surface area (Å²) in [4.78, 5) is 0. The first-order valence-corrected chi connectivity index (χ1v) is 7.88. The first-order valence-electron chi connectivity index (χ1n) is 6.73. The van der Waals surface area contributed by atoms with Crippen molar-refractivity contribution >= 4 is 17.6 Å². The van der Waals surface area contributed by atoms with Gasteiger partial charge in [0.05, 0.1) is 0 Å². The molecule has 0 saturated heterocycles. The molecule has 0 fully saturated rings. The van der Waals surface area contributed by atoms with Crippen molar-refractivity contribution in [2.75, 3.05) is 18.1 Å². The molecule has 0 aliphatic heterocycles. The number of unbranched alkanes of at least 4 members (excludes halogenated alkanes) is 1. The van der Waals surface area contributed by atoms with Crippen molar-refractivity contribution in [3.8, 4) is 0 Å². The Kier molecular flexibility index (Phi) is 9.28. The van der Waals surface area contributed by atoms with Gasteiger partial charge >= 0.3 is 0 Å². The highest BCUT2D eigenvalue weighted by molar-refractivity contribution is 7.99. The van der Waals surface area contributed by atoms with Crippen molar-refractivity contribution in [3.63, 3.8) is 0 Å². The van der Waals surface area contributed by atoms with Crippen molar-refractivity contribution in [1.82, 2.24) is 5.32 Å². The monoisotopic (exact) mass is 275 g/mol. The number of nitrogens with one attached hydrogen (secondary N) is 1. The number of hydrogen-bond acceptors (Lipinski definition) is 4. The van der Waals surface area contributed by atoms with Crippen molar-refractivity contribution in [2.45, 2.75) is 53.0 Å². The smallest absolute Gasteiger partial charge is 0.144 e. The zero-order valence-corrected chi connectivity index (χ0v) is 13.0. The molecule has 18 heavy (non-hydrogen) atoms. The van der Waals surface area contributed by atoms with Crippen LogP contribution in [0.2, 0.25) is 0 Å². The number of nitrogens with zero attached hydrogens (tertiary/aromatic N) is 1. The summed E-state index contributed by atoms with van der Waals surface area (Å²) in [6, 6.07) is 0.576. The molecule has 4 nitrogen and oxygen atoms in total. The molecule has 0 spiro atoms. The number of rotatable bonds is 10. The van der Waals surface area contributed by atoms with Gasteiger partial charge in [0.2, 0.25) is 0 Å². The van der Waals surface area contributed by atoms with Crippen LogP contribution in [0.25, 0.3) is 0 Å². The Bertz CT molecular complexity index is 244. The van der Waals surface area contributed by atoms with E-state index in [1.54, 1.807) is 0 Å². The summed E-state index contributed by atoms with van der Waals surface area (Å²) in [5.74, 6) is 2.68. The normalized spacial score (nSPS) is 14.8. The minimum absolute atomic E-state index is 0.210. The second-order valence-electron chi connectivity index (χ2n) is 5.34. The number of oxime groups is 1. The van der Waals surface area contributed by atoms with Crippen molar-refractivity contribution in [2.24, 2.45) is 16.3 Å². The van der Waals surface area contributed by atoms with E-state index >= 15 is 0 Å². The number of thioether (sulfide) groups is 1. The van der Waals surface area contributed by atoms with Crippen LogP contribution in [-0.2, 0) is 0 Å². The Morgan fingerprint density at radius 2 is 2.11 bits per heavy atom. The Labute approximate surface area is 116 Å². The summed E-state index contributed by atoms with van der Waals surface area (Å²) in [7, 11) is 0. The van der Waals surface area contributed by atoms with E-state index in [9.17, 15) is 0 Å². The molecule has 1 unspecified atom stereocenters. The van der Waals surface area contributed by atoms with Gasteiger partial charge < -0.3 is 16.3 Å². The summed E-state index contributed by atoms with van der Waals surface area (Å²) in [5.41, 5.74) is 5.44. The zero-order valence-electron chi connectivity index (χ0n) is 12.2. The molecule has 0 bridgehead atoms. The molecular formula is C13H29N3OS. The van der Waals surface area contributed by atoms with E-state index < -0.39 is 0 Å². The fourth-order valence-corrected chi connectivity index (χ4v) is 2.36. The van der Waals surface area contributed by atoms with Crippen LogP contribution < -0.4 is 11.1 Å². The molecule has 0 saturated carbocycles. The summed E-state index contributed by atoms with van der Waals surface area (Å²) < 4.78 is 0. The van der Waals surface area contributed by atoms with Gasteiger partial charge in [0, 0.05) is 17.2 Å². The molecule has 0 aromatic rings. The van der Waals surface area contributed by atoms with Crippen LogP contribution in [0.3, 0.4) is 0 Å². The summed E-state index contributed by atoms with van der Waals surface area (Å²) in [6.45, 7) is 9.47. The second kappa shape index (κ2) is 9.50. The molecular weight excluding hydrogens is 246 g/mol. The van der Waals surface area contributed by atoms with Gasteiger partial charge in [-0.1, -0.05) is 32.3 Å². The van der Waals surface area contributed by atoms with E-state index in [0.29, 0.717) is 11.9 Å². The average molecular weight is 275 g/mol. The Balaban J connectivity index is 3.62. The van der Waals surface area contributed by atoms with Crippen LogP contribution in [0, 0.1) is 5.41 Å². The lowest BCUT2D eigenvalue weighted by Crippen LogP contribution is -2.32. The van der Waals surface area contributed by atoms with E-state index in [4.69, 9.17) is 10.9 Å². The van der Waals surface area contributed by atoms with Crippen LogP contribution >= 0.6 is 11.8 Å². The van der Waals surface area contributed by atoms with Gasteiger partial charge in [-0.2, -0.15) is 11.8 Å². The van der Waals surface area contributed by atoms with Crippen LogP contribution in [-0.4, -0.2) is 35.1 Å². The van der Waals surface area contributed by atoms with Crippen LogP contribution in [0.1, 0.15) is 47.0 Å². The van der Waals surface area contributed by atoms with E-state index in [2.05, 4.69) is 24.3 Å². The molecule has 0 heterocycles. The minimum Gasteiger partial charge on any atom is -0.409 e. The van der Waals surface area contributed by atoms with Gasteiger partial charge in [-0.25, -0.2) is 0 Å². The molecule has 0 aromatic heterocycles. The van der Waals surface area contributed by atoms with Crippen molar-refractivity contribution in [1.29, 1.82) is 0 Å². The van der Waals surface area contributed by atoms with Gasteiger partial charge in [0.25, 0.3) is 0 Å². The lowest BCUT2D eigenvalue weighted by atomic mass is 9.86. The standard InChI is InChI=1S/C13H29N3OS/c1-5-18-10-11(2)15-9-7-6-8-13(3,4)12(14)16-17/h11,15,17H,5-10H2,1-4H3,(H2,14,16). The van der Waals surface area contributed by atoms with Gasteiger partial charge in [-0.05, 0) is 32.1 Å². The predicted octanol–water partition coefficient (Wildman–Crippen LogP) is 2.66. The van der Waals surface area contributed by atoms with Crippen molar-refractivity contribution < 1.29 is 5.21 Å². The third-order valence-electron chi connectivity index (χ3n) is 3.09. The first kappa shape index (κ1) is 17.6. The van der Waals surface area contributed by atoms with E-state index in [1.165, 1.54) is 11.5 Å². The summed E-state index contributed by atoms with van der Waals surface area (Å²) >= 11 is 1.97. The second-order valence-corrected chi connectivity index (χ2v) is 6.66. The lowest BCUT2D eigenvalue weighted by molar-refractivity contribution is 0.304. The highest BCUT2D eigenvalue weighted by Gasteiger charge is 2.22. The predicted molar refractivity (Wildman–Crippen MR) is 81.5 cm³/mol. The third-order valence-corrected chi connectivity index (χ3v) is 4.24. The topological polar surface area (TPSA) is 70.6 Å². The summed E-state index contributed by atoms with van der Waals surface area (Å²) in [6.07, 6.45) is 3.16. The molecule has 5 heteroatoms. The summed E-state index contributed by atoms with van der Waals surface area (Å²) in [5, 5.41) is 15.3. The molecule has 108 valence electrons. The number of hydrogen-bond donors (Lipinski definition) is 3. The third kappa shape index (κ3) is 7.82. The van der Waals surface area contributed by atoms with Gasteiger partial charge in [0.15, 0.2) is 0 Å². The van der Waals surface area contributed by atoms with Gasteiger partial charge in [0.1, 0.15) is 5.84 Å². The molecule has 0 aliphatic carbocycles. The maximum atomic E-state index is 8.68. The van der Waals surface area contributed by atoms with Crippen LogP contribution in [0.15, 0.2) is 5.16 Å². The molecule has 0 aromatic carbocycles. The largest absolute Gasteiger partial charge is 0.409 e. The highest BCUT2D eigenvalue weighted by Crippen LogP contribution is 2.23. The lowest BCUT2D eigenvalue weighted by Gasteiger charge is -2.22. The fraction of sp³-hybridized carbons (Fsp3) is 0.923. The maximum absolute atomic E-state index is 8.68. The van der Waals surface area contributed by atoms with Crippen LogP contribution in [0.4, 0.5) is 0 Å². The minimum atomic E-state index is -0.210. The Morgan fingerprint density at radius 1 is 1.44 bits per heavy atom. The fourth-order valence-electron chi connectivity index (χ4n) is 1.66. The molecule has 0 amide bonds. The number of nitrogens with two attached hydrogens (primary N) is 1. The average Bonchev–Trinajstić information content (AvgIpc) is 2.34. The molecule has 1 atom stereocenters. The SMILES string of the molecule is CCSCC(C)NCCCCC(C)(C)C(N)=NO. The van der Waals surface area contributed by atoms with Crippen LogP contribution in [0.5, 0.6) is 0 Å². The molecule has 0 rings (SSSR count). The zero-order chi connectivity index (χ0) is 14.0. The van der Waals surface area contributed by atoms with Gasteiger partial charge in [-0.15, -0.1) is 0 Å². The Hall–Kier alpha value is -0.420. The molecule has 4 N–H and O–H groups in total. The maximum Gasteiger partial charge on any atom is 0.144 e. The Morgan fingerprint density at radius 3 is 2.67 bits per heavy atom. The quantitative estimate of drug-likeness (QED) is 0.188. The molecule has 0 radical (unpaired) electrons. The van der Waals surface area contributed by atoms with Gasteiger partial charge in [-0.3, -0.25) is 0 Å². The number of amidine groups is 1. The molecule has 0 aliphatic rings. The first-order chi connectivity index (χ1) is 8.44. The van der Waals surface area contributed by atoms with E-state index in [-0.39, 0.29) is 5.41 Å². The van der Waals surface area contributed by atoms with E-state index in [0.717, 1.165) is 25.8 Å².